The lowest BCUT2D eigenvalue weighted by Crippen LogP contribution is -2.27. The number of carbonyl (C=O) groups excluding carboxylic acids is 1. The zero-order chi connectivity index (χ0) is 20.8. The molecule has 0 bridgehead atoms. The Morgan fingerprint density at radius 2 is 1.97 bits per heavy atom. The van der Waals surface area contributed by atoms with Crippen molar-refractivity contribution < 1.29 is 13.9 Å². The summed E-state index contributed by atoms with van der Waals surface area (Å²) in [6.45, 7) is 4.93. The Balaban J connectivity index is 0.00000320. The van der Waals surface area contributed by atoms with Crippen molar-refractivity contribution in [3.63, 3.8) is 0 Å². The number of anilines is 1. The molecule has 30 heavy (non-hydrogen) atoms. The second-order valence-electron chi connectivity index (χ2n) is 7.51. The van der Waals surface area contributed by atoms with Gasteiger partial charge in [0.15, 0.2) is 5.43 Å². The lowest BCUT2D eigenvalue weighted by atomic mass is 9.95. The number of fused-ring (bicyclic) bond motifs is 1. The molecule has 6 nitrogen and oxygen atoms in total. The Hall–Kier alpha value is -2.12. The van der Waals surface area contributed by atoms with Crippen LogP contribution in [0, 0.1) is 5.82 Å². The minimum atomic E-state index is -0.403. The van der Waals surface area contributed by atoms with Crippen LogP contribution >= 0.6 is 12.4 Å². The summed E-state index contributed by atoms with van der Waals surface area (Å²) < 4.78 is 21.6. The maximum Gasteiger partial charge on any atom is 0.319 e. The molecule has 1 aromatic heterocycles. The van der Waals surface area contributed by atoms with Crippen LogP contribution in [0.15, 0.2) is 23.1 Å². The number of hydrogen-bond donors (Lipinski definition) is 2. The molecule has 0 amide bonds. The fourth-order valence-electron chi connectivity index (χ4n) is 3.95. The monoisotopic (exact) mass is 439 g/mol. The summed E-state index contributed by atoms with van der Waals surface area (Å²) in [5.41, 5.74) is 1.45. The third kappa shape index (κ3) is 5.73. The molecule has 0 atom stereocenters. The van der Waals surface area contributed by atoms with Crippen LogP contribution in [0.3, 0.4) is 0 Å². The quantitative estimate of drug-likeness (QED) is 0.609. The van der Waals surface area contributed by atoms with E-state index in [1.54, 1.807) is 19.2 Å². The van der Waals surface area contributed by atoms with Crippen molar-refractivity contribution in [2.24, 2.45) is 0 Å². The number of aryl methyl sites for hydroxylation is 1. The van der Waals surface area contributed by atoms with Crippen LogP contribution in [0.1, 0.15) is 51.5 Å². The maximum absolute atomic E-state index is 14.8. The highest BCUT2D eigenvalue weighted by Gasteiger charge is 2.17. The summed E-state index contributed by atoms with van der Waals surface area (Å²) in [4.78, 5) is 24.4. The second-order valence-corrected chi connectivity index (χ2v) is 7.51. The molecule has 1 fully saturated rings. The highest BCUT2D eigenvalue weighted by Crippen LogP contribution is 2.26. The van der Waals surface area contributed by atoms with Crippen LogP contribution in [0.25, 0.3) is 10.9 Å². The van der Waals surface area contributed by atoms with E-state index in [1.807, 2.05) is 11.5 Å². The van der Waals surface area contributed by atoms with Gasteiger partial charge in [0, 0.05) is 36.3 Å². The SMILES string of the molecule is CCOC(=O)CNCc1cn(CC)c2cc(NC3CCCCC3)c(F)cc2c1=O.Cl. The number of halogens is 2. The first-order chi connectivity index (χ1) is 14.0. The van der Waals surface area contributed by atoms with Gasteiger partial charge in [0.05, 0.1) is 24.4 Å². The first kappa shape index (κ1) is 24.2. The van der Waals surface area contributed by atoms with Crippen LogP contribution in [0.2, 0.25) is 0 Å². The number of benzene rings is 1. The van der Waals surface area contributed by atoms with Gasteiger partial charge in [-0.3, -0.25) is 9.59 Å². The van der Waals surface area contributed by atoms with Gasteiger partial charge in [-0.2, -0.15) is 0 Å². The summed E-state index contributed by atoms with van der Waals surface area (Å²) in [5, 5.41) is 6.62. The predicted octanol–water partition coefficient (Wildman–Crippen LogP) is 3.98. The number of rotatable bonds is 8. The van der Waals surface area contributed by atoms with E-state index in [2.05, 4.69) is 10.6 Å². The van der Waals surface area contributed by atoms with Crippen molar-refractivity contribution in [2.75, 3.05) is 18.5 Å². The molecule has 0 saturated heterocycles. The largest absolute Gasteiger partial charge is 0.465 e. The van der Waals surface area contributed by atoms with Crippen LogP contribution in [-0.4, -0.2) is 29.7 Å². The summed E-state index contributed by atoms with van der Waals surface area (Å²) >= 11 is 0. The van der Waals surface area contributed by atoms with E-state index >= 15 is 0 Å². The van der Waals surface area contributed by atoms with Crippen molar-refractivity contribution in [1.29, 1.82) is 0 Å². The topological polar surface area (TPSA) is 72.4 Å². The van der Waals surface area contributed by atoms with E-state index < -0.39 is 5.82 Å². The van der Waals surface area contributed by atoms with Gasteiger partial charge in [-0.25, -0.2) is 4.39 Å². The maximum atomic E-state index is 14.8. The van der Waals surface area contributed by atoms with Gasteiger partial charge in [-0.15, -0.1) is 12.4 Å². The van der Waals surface area contributed by atoms with Crippen LogP contribution in [0.4, 0.5) is 10.1 Å². The van der Waals surface area contributed by atoms with Crippen molar-refractivity contribution in [1.82, 2.24) is 9.88 Å². The zero-order valence-corrected chi connectivity index (χ0v) is 18.4. The molecule has 1 aliphatic carbocycles. The van der Waals surface area contributed by atoms with Crippen molar-refractivity contribution in [2.45, 2.75) is 65.1 Å². The number of aromatic nitrogens is 1. The predicted molar refractivity (Wildman–Crippen MR) is 120 cm³/mol. The molecule has 2 aromatic rings. The molecule has 1 saturated carbocycles. The Morgan fingerprint density at radius 1 is 1.23 bits per heavy atom. The Labute approximate surface area is 182 Å². The molecule has 0 spiro atoms. The van der Waals surface area contributed by atoms with Gasteiger partial charge in [0.25, 0.3) is 0 Å². The summed E-state index contributed by atoms with van der Waals surface area (Å²) in [7, 11) is 0. The lowest BCUT2D eigenvalue weighted by Gasteiger charge is -2.24. The molecule has 0 aliphatic heterocycles. The van der Waals surface area contributed by atoms with E-state index in [4.69, 9.17) is 4.74 Å². The van der Waals surface area contributed by atoms with E-state index in [1.165, 1.54) is 12.5 Å². The van der Waals surface area contributed by atoms with Crippen LogP contribution in [-0.2, 0) is 22.6 Å². The van der Waals surface area contributed by atoms with E-state index in [-0.39, 0.29) is 42.9 Å². The number of carbonyl (C=O) groups is 1. The molecule has 8 heteroatoms. The number of nitrogens with zero attached hydrogens (tertiary/aromatic N) is 1. The fraction of sp³-hybridized carbons (Fsp3) is 0.545. The second kappa shape index (κ2) is 11.3. The van der Waals surface area contributed by atoms with Gasteiger partial charge >= 0.3 is 5.97 Å². The van der Waals surface area contributed by atoms with Gasteiger partial charge < -0.3 is 19.9 Å². The summed E-state index contributed by atoms with van der Waals surface area (Å²) in [6, 6.07) is 3.37. The first-order valence-corrected chi connectivity index (χ1v) is 10.5. The molecule has 0 radical (unpaired) electrons. The minimum Gasteiger partial charge on any atom is -0.465 e. The zero-order valence-electron chi connectivity index (χ0n) is 17.6. The molecule has 2 N–H and O–H groups in total. The molecule has 166 valence electrons. The Bertz CT molecular complexity index is 926. The highest BCUT2D eigenvalue weighted by molar-refractivity contribution is 5.85. The average Bonchev–Trinajstić information content (AvgIpc) is 2.72. The van der Waals surface area contributed by atoms with Crippen LogP contribution < -0.4 is 16.1 Å². The molecular formula is C22H31ClFN3O3. The van der Waals surface area contributed by atoms with Crippen molar-refractivity contribution in [3.05, 3.63) is 39.9 Å². The standard InChI is InChI=1S/C22H30FN3O3.ClH/c1-3-26-14-15(12-24-13-21(27)29-4-2)22(28)17-10-18(23)19(11-20(17)26)25-16-8-6-5-7-9-16;/h10-11,14,16,24-25H,3-9,12-13H2,1-2H3;1H. The smallest absolute Gasteiger partial charge is 0.319 e. The first-order valence-electron chi connectivity index (χ1n) is 10.5. The van der Waals surface area contributed by atoms with Gasteiger partial charge in [-0.05, 0) is 38.8 Å². The van der Waals surface area contributed by atoms with E-state index in [0.717, 1.165) is 25.7 Å². The molecular weight excluding hydrogens is 409 g/mol. The highest BCUT2D eigenvalue weighted by atomic mass is 35.5. The molecule has 1 aromatic carbocycles. The number of hydrogen-bond acceptors (Lipinski definition) is 5. The number of ether oxygens (including phenoxy) is 1. The van der Waals surface area contributed by atoms with Gasteiger partial charge in [0.2, 0.25) is 0 Å². The van der Waals surface area contributed by atoms with Crippen molar-refractivity contribution >= 4 is 35.0 Å². The Morgan fingerprint density at radius 3 is 2.63 bits per heavy atom. The number of nitrogens with one attached hydrogen (secondary N) is 2. The normalized spacial score (nSPS) is 14.4. The number of esters is 1. The summed E-state index contributed by atoms with van der Waals surface area (Å²) in [6.07, 6.45) is 7.43. The van der Waals surface area contributed by atoms with Crippen LogP contribution in [0.5, 0.6) is 0 Å². The van der Waals surface area contributed by atoms with Gasteiger partial charge in [-0.1, -0.05) is 19.3 Å². The number of pyridine rings is 1. The molecule has 3 rings (SSSR count). The third-order valence-electron chi connectivity index (χ3n) is 5.44. The van der Waals surface area contributed by atoms with E-state index in [9.17, 15) is 14.0 Å². The molecule has 1 aliphatic rings. The lowest BCUT2D eigenvalue weighted by molar-refractivity contribution is -0.142. The van der Waals surface area contributed by atoms with E-state index in [0.29, 0.717) is 35.3 Å². The molecule has 1 heterocycles. The third-order valence-corrected chi connectivity index (χ3v) is 5.44. The Kier molecular flexibility index (Phi) is 9.11. The summed E-state index contributed by atoms with van der Waals surface area (Å²) in [5.74, 6) is -0.770. The minimum absolute atomic E-state index is 0. The van der Waals surface area contributed by atoms with Crippen molar-refractivity contribution in [3.8, 4) is 0 Å². The average molecular weight is 440 g/mol. The van der Waals surface area contributed by atoms with Gasteiger partial charge in [0.1, 0.15) is 5.82 Å². The molecule has 0 unspecified atom stereocenters. The fourth-order valence-corrected chi connectivity index (χ4v) is 3.95.